The number of sulfone groups is 1. The van der Waals surface area contributed by atoms with E-state index in [9.17, 15) is 30.4 Å². The van der Waals surface area contributed by atoms with Crippen molar-refractivity contribution in [3.8, 4) is 11.1 Å². The van der Waals surface area contributed by atoms with E-state index in [0.717, 1.165) is 45.1 Å². The molecule has 1 aliphatic carbocycles. The van der Waals surface area contributed by atoms with E-state index >= 15 is 0 Å². The lowest BCUT2D eigenvalue weighted by Crippen LogP contribution is -2.34. The Morgan fingerprint density at radius 3 is 1.98 bits per heavy atom. The highest BCUT2D eigenvalue weighted by molar-refractivity contribution is 8.17. The van der Waals surface area contributed by atoms with Gasteiger partial charge in [0, 0.05) is 0 Å². The molecule has 1 aliphatic rings. The predicted molar refractivity (Wildman–Crippen MR) is 169 cm³/mol. The van der Waals surface area contributed by atoms with Crippen LogP contribution in [0, 0.1) is 0 Å². The molecule has 5 rings (SSSR count). The zero-order valence-corrected chi connectivity index (χ0v) is 26.6. The quantitative estimate of drug-likeness (QED) is 0.101. The maximum atomic E-state index is 13.4. The third-order valence-electron chi connectivity index (χ3n) is 7.74. The molecular formula is C33H32F2O7S3. The smallest absolute Gasteiger partial charge is 0.402 e. The summed E-state index contributed by atoms with van der Waals surface area (Å²) in [7, 11) is -10.2. The minimum absolute atomic E-state index is 0.0733. The molecule has 4 aromatic rings. The first-order chi connectivity index (χ1) is 21.4. The highest BCUT2D eigenvalue weighted by Crippen LogP contribution is 2.52. The molecule has 0 heterocycles. The summed E-state index contributed by atoms with van der Waals surface area (Å²) < 4.78 is 88.1. The molecule has 1 N–H and O–H groups in total. The van der Waals surface area contributed by atoms with E-state index in [1.807, 2.05) is 66.7 Å². The van der Waals surface area contributed by atoms with Gasteiger partial charge in [-0.05, 0) is 99.3 Å². The van der Waals surface area contributed by atoms with Crippen molar-refractivity contribution < 1.29 is 39.7 Å². The number of hydrogen-bond acceptors (Lipinski definition) is 6. The normalized spacial score (nSPS) is 15.8. The van der Waals surface area contributed by atoms with E-state index in [4.69, 9.17) is 4.55 Å². The summed E-state index contributed by atoms with van der Waals surface area (Å²) in [5.74, 6) is -1.17. The molecule has 1 unspecified atom stereocenters. The topological polar surface area (TPSA) is 115 Å². The van der Waals surface area contributed by atoms with Crippen LogP contribution in [0.4, 0.5) is 8.78 Å². The number of alkyl halides is 2. The number of thiol groups is 1. The van der Waals surface area contributed by atoms with Gasteiger partial charge in [-0.25, -0.2) is 13.2 Å². The second kappa shape index (κ2) is 13.4. The van der Waals surface area contributed by atoms with Gasteiger partial charge in [0.05, 0.1) is 15.7 Å². The van der Waals surface area contributed by atoms with Crippen molar-refractivity contribution in [2.75, 3.05) is 6.61 Å². The zero-order valence-electron chi connectivity index (χ0n) is 24.1. The van der Waals surface area contributed by atoms with Gasteiger partial charge in [-0.1, -0.05) is 61.7 Å². The molecule has 45 heavy (non-hydrogen) atoms. The van der Waals surface area contributed by atoms with Crippen LogP contribution in [-0.4, -0.2) is 44.5 Å². The van der Waals surface area contributed by atoms with Crippen molar-refractivity contribution in [3.05, 3.63) is 109 Å². The lowest BCUT2D eigenvalue weighted by Gasteiger charge is -2.25. The molecule has 1 saturated carbocycles. The summed E-state index contributed by atoms with van der Waals surface area (Å²) in [5, 5.41) is -4.96. The lowest BCUT2D eigenvalue weighted by molar-refractivity contribution is -0.00950. The van der Waals surface area contributed by atoms with E-state index in [0.29, 0.717) is 17.7 Å². The predicted octanol–water partition coefficient (Wildman–Crippen LogP) is 7.58. The number of rotatable bonds is 10. The summed E-state index contributed by atoms with van der Waals surface area (Å²) in [5.41, 5.74) is 1.48. The summed E-state index contributed by atoms with van der Waals surface area (Å²) in [6.45, 7) is -1.81. The van der Waals surface area contributed by atoms with Gasteiger partial charge in [0.2, 0.25) is 0 Å². The van der Waals surface area contributed by atoms with Gasteiger partial charge >= 0.3 is 21.3 Å². The largest absolute Gasteiger partial charge is 0.454 e. The van der Waals surface area contributed by atoms with Crippen molar-refractivity contribution in [3.63, 3.8) is 0 Å². The Kier molecular flexibility index (Phi) is 9.78. The second-order valence-electron chi connectivity index (χ2n) is 10.8. The first-order valence-electron chi connectivity index (χ1n) is 14.3. The standard InChI is InChI=1S/C33H32F2O7S3/c34-33(35,45(39,40)41)23-42-32(36)25-16-14-24(15-17-25)26-8-7-11-29(22-26)43(27-9-3-1-4-10-27)28-18-20-31(21-19-28)44(37,38)30-12-5-2-6-13-30/h1,3-4,7-11,14-22,30,43H,2,5-6,12-13,23H2,(H,39,40,41). The molecule has 0 spiro atoms. The van der Waals surface area contributed by atoms with Crippen molar-refractivity contribution in [2.45, 2.75) is 62.2 Å². The highest BCUT2D eigenvalue weighted by Gasteiger charge is 2.45. The third-order valence-corrected chi connectivity index (χ3v) is 13.3. The number of hydrogen-bond donors (Lipinski definition) is 2. The fraction of sp³-hybridized carbons (Fsp3) is 0.242. The fourth-order valence-electron chi connectivity index (χ4n) is 5.31. The van der Waals surface area contributed by atoms with Gasteiger partial charge in [0.1, 0.15) is 0 Å². The van der Waals surface area contributed by atoms with E-state index in [1.165, 1.54) is 12.1 Å². The molecular weight excluding hydrogens is 643 g/mol. The van der Waals surface area contributed by atoms with Gasteiger partial charge < -0.3 is 4.74 Å². The van der Waals surface area contributed by atoms with E-state index in [1.54, 1.807) is 24.3 Å². The Morgan fingerprint density at radius 2 is 1.36 bits per heavy atom. The number of carbonyl (C=O) groups excluding carboxylic acids is 1. The number of esters is 1. The summed E-state index contributed by atoms with van der Waals surface area (Å²) in [6, 6.07) is 31.0. The van der Waals surface area contributed by atoms with Crippen LogP contribution in [0.2, 0.25) is 0 Å². The SMILES string of the molecule is O=C(OCC(F)(F)S(=O)(=O)O)c1ccc(-c2cccc([SH](c3ccccc3)c3ccc(S(=O)(=O)C4CCCCC4)cc3)c2)cc1. The number of halogens is 2. The number of benzene rings is 4. The number of ether oxygens (including phenoxy) is 1. The van der Waals surface area contributed by atoms with Gasteiger partial charge in [-0.15, -0.1) is 0 Å². The van der Waals surface area contributed by atoms with Crippen LogP contribution in [0.5, 0.6) is 0 Å². The van der Waals surface area contributed by atoms with Gasteiger partial charge in [-0.2, -0.15) is 28.1 Å². The van der Waals surface area contributed by atoms with E-state index in [2.05, 4.69) is 4.74 Å². The Morgan fingerprint density at radius 1 is 0.756 bits per heavy atom. The number of carbonyl (C=O) groups is 1. The first kappa shape index (κ1) is 32.8. The van der Waals surface area contributed by atoms with Gasteiger partial charge in [0.15, 0.2) is 16.4 Å². The van der Waals surface area contributed by atoms with Crippen LogP contribution in [-0.2, 0) is 24.7 Å². The molecule has 0 aliphatic heterocycles. The maximum absolute atomic E-state index is 13.4. The van der Waals surface area contributed by atoms with E-state index < -0.39 is 48.7 Å². The average molecular weight is 675 g/mol. The average Bonchev–Trinajstić information content (AvgIpc) is 3.05. The van der Waals surface area contributed by atoms with Crippen molar-refractivity contribution in [2.24, 2.45) is 0 Å². The molecule has 7 nitrogen and oxygen atoms in total. The van der Waals surface area contributed by atoms with Crippen molar-refractivity contribution >= 4 is 36.8 Å². The van der Waals surface area contributed by atoms with Crippen LogP contribution in [0.1, 0.15) is 42.5 Å². The molecule has 1 fully saturated rings. The zero-order chi connectivity index (χ0) is 32.2. The Labute approximate surface area is 264 Å². The van der Waals surface area contributed by atoms with Crippen molar-refractivity contribution in [1.82, 2.24) is 0 Å². The van der Waals surface area contributed by atoms with Crippen LogP contribution in [0.3, 0.4) is 0 Å². The second-order valence-corrected chi connectivity index (χ2v) is 16.8. The van der Waals surface area contributed by atoms with Crippen LogP contribution in [0.15, 0.2) is 123 Å². The Hall–Kier alpha value is -3.58. The molecule has 0 amide bonds. The minimum Gasteiger partial charge on any atom is -0.454 e. The molecule has 4 aromatic carbocycles. The maximum Gasteiger partial charge on any atom is 0.402 e. The lowest BCUT2D eigenvalue weighted by atomic mass is 10.0. The van der Waals surface area contributed by atoms with Gasteiger partial charge in [0.25, 0.3) is 0 Å². The molecule has 0 aromatic heterocycles. The first-order valence-corrected chi connectivity index (χ1v) is 18.6. The summed E-state index contributed by atoms with van der Waals surface area (Å²) in [6.07, 6.45) is 4.32. The summed E-state index contributed by atoms with van der Waals surface area (Å²) in [4.78, 5) is 15.6. The van der Waals surface area contributed by atoms with Crippen LogP contribution < -0.4 is 0 Å². The molecule has 0 saturated heterocycles. The Bertz CT molecular complexity index is 1860. The van der Waals surface area contributed by atoms with Gasteiger partial charge in [-0.3, -0.25) is 4.55 Å². The molecule has 0 radical (unpaired) electrons. The van der Waals surface area contributed by atoms with Crippen molar-refractivity contribution in [1.29, 1.82) is 0 Å². The van der Waals surface area contributed by atoms with Crippen LogP contribution in [0.25, 0.3) is 11.1 Å². The van der Waals surface area contributed by atoms with E-state index in [-0.39, 0.29) is 10.8 Å². The minimum atomic E-state index is -5.72. The Balaban J connectivity index is 1.40. The molecule has 1 atom stereocenters. The van der Waals surface area contributed by atoms with Crippen LogP contribution >= 0.6 is 10.9 Å². The molecule has 0 bridgehead atoms. The highest BCUT2D eigenvalue weighted by atomic mass is 32.2. The summed E-state index contributed by atoms with van der Waals surface area (Å²) >= 11 is 0. The monoisotopic (exact) mass is 674 g/mol. The molecule has 238 valence electrons. The fourth-order valence-corrected chi connectivity index (χ4v) is 9.69. The third kappa shape index (κ3) is 7.46. The molecule has 12 heteroatoms.